The van der Waals surface area contributed by atoms with Crippen LogP contribution in [0.2, 0.25) is 0 Å². The van der Waals surface area contributed by atoms with E-state index in [2.05, 4.69) is 42.4 Å². The molecule has 1 aromatic carbocycles. The van der Waals surface area contributed by atoms with Crippen LogP contribution in [0.25, 0.3) is 5.65 Å². The molecule has 2 heterocycles. The number of imidazole rings is 1. The number of anilines is 1. The Balaban J connectivity index is 1.92. The van der Waals surface area contributed by atoms with Gasteiger partial charge < -0.3 is 10.1 Å². The molecule has 0 aliphatic rings. The van der Waals surface area contributed by atoms with Gasteiger partial charge in [-0.15, -0.1) is 0 Å². The summed E-state index contributed by atoms with van der Waals surface area (Å²) in [4.78, 5) is 4.65. The van der Waals surface area contributed by atoms with Crippen LogP contribution in [0.3, 0.4) is 0 Å². The molecule has 0 saturated carbocycles. The first-order valence-electron chi connectivity index (χ1n) is 6.98. The Morgan fingerprint density at radius 3 is 2.50 bits per heavy atom. The third kappa shape index (κ3) is 2.27. The molecule has 102 valence electrons. The molecule has 0 radical (unpaired) electrons. The van der Waals surface area contributed by atoms with Gasteiger partial charge in [0.25, 0.3) is 0 Å². The van der Waals surface area contributed by atoms with E-state index < -0.39 is 0 Å². The highest BCUT2D eigenvalue weighted by atomic mass is 15.0. The molecule has 3 nitrogen and oxygen atoms in total. The summed E-state index contributed by atoms with van der Waals surface area (Å²) in [5.74, 6) is 0. The van der Waals surface area contributed by atoms with Gasteiger partial charge in [-0.05, 0) is 36.1 Å². The molecule has 0 fully saturated rings. The minimum atomic E-state index is 0.764. The second-order valence-corrected chi connectivity index (χ2v) is 5.22. The number of pyridine rings is 1. The molecule has 0 atom stereocenters. The van der Waals surface area contributed by atoms with Gasteiger partial charge in [0.15, 0.2) is 5.65 Å². The van der Waals surface area contributed by atoms with Crippen molar-refractivity contribution in [3.05, 3.63) is 65.1 Å². The van der Waals surface area contributed by atoms with Gasteiger partial charge in [-0.3, -0.25) is 0 Å². The first kappa shape index (κ1) is 12.7. The van der Waals surface area contributed by atoms with Gasteiger partial charge in [-0.2, -0.15) is 0 Å². The summed E-state index contributed by atoms with van der Waals surface area (Å²) < 4.78 is 2.00. The predicted molar refractivity (Wildman–Crippen MR) is 83.0 cm³/mol. The van der Waals surface area contributed by atoms with E-state index in [4.69, 9.17) is 5.73 Å². The number of nitrogens with zero attached hydrogens (tertiary/aromatic N) is 2. The van der Waals surface area contributed by atoms with Gasteiger partial charge in [0, 0.05) is 18.8 Å². The number of nitrogens with two attached hydrogens (primary N) is 1. The molecule has 3 heteroatoms. The van der Waals surface area contributed by atoms with Crippen LogP contribution in [-0.4, -0.2) is 9.38 Å². The Kier molecular flexibility index (Phi) is 3.18. The maximum absolute atomic E-state index is 6.08. The van der Waals surface area contributed by atoms with E-state index in [0.29, 0.717) is 0 Å². The first-order chi connectivity index (χ1) is 9.67. The number of hydrogen-bond acceptors (Lipinski definition) is 2. The SMILES string of the molecule is CCc1ccc(Cc2cn3ccc(C)c(N)c3n2)cc1. The van der Waals surface area contributed by atoms with Crippen molar-refractivity contribution >= 4 is 11.3 Å². The first-order valence-corrected chi connectivity index (χ1v) is 6.98. The van der Waals surface area contributed by atoms with Crippen LogP contribution in [0.4, 0.5) is 5.69 Å². The highest BCUT2D eigenvalue weighted by Gasteiger charge is 2.07. The van der Waals surface area contributed by atoms with Crippen LogP contribution in [0, 0.1) is 6.92 Å². The van der Waals surface area contributed by atoms with Crippen molar-refractivity contribution < 1.29 is 0 Å². The lowest BCUT2D eigenvalue weighted by Crippen LogP contribution is -1.94. The molecular weight excluding hydrogens is 246 g/mol. The Bertz CT molecular complexity index is 739. The minimum Gasteiger partial charge on any atom is -0.395 e. The fourth-order valence-corrected chi connectivity index (χ4v) is 2.40. The molecule has 3 rings (SSSR count). The number of aryl methyl sites for hydroxylation is 2. The number of hydrogen-bond donors (Lipinski definition) is 1. The van der Waals surface area contributed by atoms with Gasteiger partial charge in [-0.1, -0.05) is 31.2 Å². The van der Waals surface area contributed by atoms with E-state index in [1.807, 2.05) is 23.6 Å². The second-order valence-electron chi connectivity index (χ2n) is 5.22. The van der Waals surface area contributed by atoms with Gasteiger partial charge in [0.05, 0.1) is 11.4 Å². The molecule has 0 aliphatic heterocycles. The number of aromatic nitrogens is 2. The number of nitrogen functional groups attached to an aromatic ring is 1. The Labute approximate surface area is 119 Å². The van der Waals surface area contributed by atoms with Gasteiger partial charge in [0.1, 0.15) is 0 Å². The third-order valence-corrected chi connectivity index (χ3v) is 3.75. The lowest BCUT2D eigenvalue weighted by Gasteiger charge is -2.00. The van der Waals surface area contributed by atoms with E-state index in [1.165, 1.54) is 11.1 Å². The largest absolute Gasteiger partial charge is 0.395 e. The predicted octanol–water partition coefficient (Wildman–Crippen LogP) is 3.38. The molecule has 0 unspecified atom stereocenters. The Hall–Kier alpha value is -2.29. The normalized spacial score (nSPS) is 11.1. The maximum atomic E-state index is 6.08. The summed E-state index contributed by atoms with van der Waals surface area (Å²) in [6, 6.07) is 10.7. The molecule has 0 saturated heterocycles. The van der Waals surface area contributed by atoms with E-state index in [9.17, 15) is 0 Å². The van der Waals surface area contributed by atoms with Gasteiger partial charge >= 0.3 is 0 Å². The Morgan fingerprint density at radius 1 is 1.10 bits per heavy atom. The molecule has 0 spiro atoms. The zero-order chi connectivity index (χ0) is 14.1. The average molecular weight is 265 g/mol. The van der Waals surface area contributed by atoms with Crippen molar-refractivity contribution in [3.63, 3.8) is 0 Å². The molecule has 20 heavy (non-hydrogen) atoms. The van der Waals surface area contributed by atoms with Crippen molar-refractivity contribution in [1.82, 2.24) is 9.38 Å². The van der Waals surface area contributed by atoms with Crippen molar-refractivity contribution in [1.29, 1.82) is 0 Å². The number of benzene rings is 1. The van der Waals surface area contributed by atoms with Crippen LogP contribution in [-0.2, 0) is 12.8 Å². The fraction of sp³-hybridized carbons (Fsp3) is 0.235. The average Bonchev–Trinajstić information content (AvgIpc) is 2.87. The number of rotatable bonds is 3. The van der Waals surface area contributed by atoms with E-state index in [-0.39, 0.29) is 0 Å². The molecule has 0 bridgehead atoms. The highest BCUT2D eigenvalue weighted by Crippen LogP contribution is 2.19. The monoisotopic (exact) mass is 265 g/mol. The summed E-state index contributed by atoms with van der Waals surface area (Å²) in [7, 11) is 0. The molecular formula is C17H19N3. The zero-order valence-electron chi connectivity index (χ0n) is 11.9. The number of fused-ring (bicyclic) bond motifs is 1. The third-order valence-electron chi connectivity index (χ3n) is 3.75. The molecule has 3 aromatic rings. The standard InChI is InChI=1S/C17H19N3/c1-3-13-4-6-14(7-5-13)10-15-11-20-9-8-12(2)16(18)17(20)19-15/h4-9,11H,3,10,18H2,1-2H3. The van der Waals surface area contributed by atoms with Crippen molar-refractivity contribution in [2.24, 2.45) is 0 Å². The van der Waals surface area contributed by atoms with Crippen molar-refractivity contribution in [2.45, 2.75) is 26.7 Å². The summed E-state index contributed by atoms with van der Waals surface area (Å²) in [5.41, 5.74) is 12.5. The van der Waals surface area contributed by atoms with Crippen LogP contribution < -0.4 is 5.73 Å². The summed E-state index contributed by atoms with van der Waals surface area (Å²) in [5, 5.41) is 0. The van der Waals surface area contributed by atoms with Crippen LogP contribution in [0.15, 0.2) is 42.7 Å². The lowest BCUT2D eigenvalue weighted by molar-refractivity contribution is 1.09. The van der Waals surface area contributed by atoms with E-state index in [0.717, 1.165) is 35.4 Å². The maximum Gasteiger partial charge on any atom is 0.160 e. The lowest BCUT2D eigenvalue weighted by atomic mass is 10.1. The highest BCUT2D eigenvalue weighted by molar-refractivity contribution is 5.68. The van der Waals surface area contributed by atoms with Crippen LogP contribution in [0.1, 0.15) is 29.3 Å². The van der Waals surface area contributed by atoms with Crippen LogP contribution in [0.5, 0.6) is 0 Å². The zero-order valence-corrected chi connectivity index (χ0v) is 11.9. The van der Waals surface area contributed by atoms with Crippen molar-refractivity contribution in [2.75, 3.05) is 5.73 Å². The van der Waals surface area contributed by atoms with Crippen molar-refractivity contribution in [3.8, 4) is 0 Å². The smallest absolute Gasteiger partial charge is 0.160 e. The summed E-state index contributed by atoms with van der Waals surface area (Å²) in [6.45, 7) is 4.18. The van der Waals surface area contributed by atoms with Gasteiger partial charge in [-0.25, -0.2) is 4.98 Å². The molecule has 2 aromatic heterocycles. The van der Waals surface area contributed by atoms with E-state index in [1.54, 1.807) is 0 Å². The molecule has 0 amide bonds. The quantitative estimate of drug-likeness (QED) is 0.789. The Morgan fingerprint density at radius 2 is 1.80 bits per heavy atom. The molecule has 2 N–H and O–H groups in total. The van der Waals surface area contributed by atoms with Gasteiger partial charge in [0.2, 0.25) is 0 Å². The molecule has 0 aliphatic carbocycles. The van der Waals surface area contributed by atoms with Crippen LogP contribution >= 0.6 is 0 Å². The fourth-order valence-electron chi connectivity index (χ4n) is 2.40. The summed E-state index contributed by atoms with van der Waals surface area (Å²) >= 11 is 0. The second kappa shape index (κ2) is 5.00. The summed E-state index contributed by atoms with van der Waals surface area (Å²) in [6.07, 6.45) is 5.98. The van der Waals surface area contributed by atoms with E-state index >= 15 is 0 Å². The minimum absolute atomic E-state index is 0.764. The topological polar surface area (TPSA) is 43.3 Å².